The van der Waals surface area contributed by atoms with Crippen molar-refractivity contribution in [2.75, 3.05) is 43.1 Å². The lowest BCUT2D eigenvalue weighted by atomic mass is 9.83. The van der Waals surface area contributed by atoms with Crippen molar-refractivity contribution in [2.24, 2.45) is 11.8 Å². The van der Waals surface area contributed by atoms with Crippen LogP contribution in [0.4, 0.5) is 11.4 Å². The van der Waals surface area contributed by atoms with E-state index >= 15 is 0 Å². The Hall–Kier alpha value is -2.69. The molecule has 0 aromatic heterocycles. The van der Waals surface area contributed by atoms with E-state index in [-0.39, 0.29) is 17.9 Å². The summed E-state index contributed by atoms with van der Waals surface area (Å²) < 4.78 is 5.47. The van der Waals surface area contributed by atoms with E-state index in [0.717, 1.165) is 38.3 Å². The van der Waals surface area contributed by atoms with Crippen LogP contribution in [0.2, 0.25) is 0 Å². The molecule has 2 aromatic carbocycles. The largest absolute Gasteiger partial charge is 0.497 e. The van der Waals surface area contributed by atoms with E-state index in [4.69, 9.17) is 4.74 Å². The maximum absolute atomic E-state index is 13.2. The number of nitrogens with one attached hydrogen (secondary N) is 1. The van der Waals surface area contributed by atoms with Gasteiger partial charge in [-0.25, -0.2) is 0 Å². The number of hydrogen-bond acceptors (Lipinski definition) is 4. The van der Waals surface area contributed by atoms with Gasteiger partial charge in [-0.2, -0.15) is 0 Å². The van der Waals surface area contributed by atoms with Gasteiger partial charge in [0.25, 0.3) is 0 Å². The molecule has 2 heterocycles. The van der Waals surface area contributed by atoms with E-state index in [1.165, 1.54) is 16.9 Å². The molecule has 0 spiro atoms. The fraction of sp³-hybridized carbons (Fsp3) is 0.458. The molecule has 1 fully saturated rings. The predicted molar refractivity (Wildman–Crippen MR) is 118 cm³/mol. The van der Waals surface area contributed by atoms with Gasteiger partial charge in [-0.05, 0) is 36.1 Å². The van der Waals surface area contributed by atoms with Crippen molar-refractivity contribution in [3.8, 4) is 5.75 Å². The molecule has 154 valence electrons. The monoisotopic (exact) mass is 393 g/mol. The number of piperazine rings is 1. The van der Waals surface area contributed by atoms with Crippen molar-refractivity contribution in [1.82, 2.24) is 5.32 Å². The summed E-state index contributed by atoms with van der Waals surface area (Å²) in [6.45, 7) is 7.67. The Bertz CT molecular complexity index is 852. The molecule has 1 N–H and O–H groups in total. The third kappa shape index (κ3) is 4.04. The standard InChI is InChI=1S/C24H31N3O2/c1-17(2)15-25-24(28)21-13-18-9-10-20(29-3)14-22(18)27-12-11-26(16-23(21)27)19-7-5-4-6-8-19/h4-10,14,17,21,23H,11-13,15-16H2,1-3H3,(H,25,28)/t21-,23-/m1/s1. The molecule has 29 heavy (non-hydrogen) atoms. The van der Waals surface area contributed by atoms with E-state index in [2.05, 4.69) is 65.4 Å². The summed E-state index contributed by atoms with van der Waals surface area (Å²) >= 11 is 0. The SMILES string of the molecule is COc1ccc2c(c1)N1CCN(c3ccccc3)C[C@@H]1[C@H](C(=O)NCC(C)C)C2. The van der Waals surface area contributed by atoms with Gasteiger partial charge < -0.3 is 19.9 Å². The molecule has 5 heteroatoms. The number of anilines is 2. The quantitative estimate of drug-likeness (QED) is 0.846. The third-order valence-corrected chi connectivity index (χ3v) is 6.07. The number of carbonyl (C=O) groups is 1. The Morgan fingerprint density at radius 1 is 1.17 bits per heavy atom. The number of para-hydroxylation sites is 1. The highest BCUT2D eigenvalue weighted by Gasteiger charge is 2.41. The number of rotatable bonds is 5. The zero-order chi connectivity index (χ0) is 20.4. The van der Waals surface area contributed by atoms with Crippen LogP contribution < -0.4 is 19.9 Å². The highest BCUT2D eigenvalue weighted by molar-refractivity contribution is 5.82. The number of benzene rings is 2. The first-order valence-corrected chi connectivity index (χ1v) is 10.6. The minimum absolute atomic E-state index is 0.0545. The Kier molecular flexibility index (Phi) is 5.65. The molecular formula is C24H31N3O2. The fourth-order valence-corrected chi connectivity index (χ4v) is 4.51. The fourth-order valence-electron chi connectivity index (χ4n) is 4.51. The molecule has 4 rings (SSSR count). The van der Waals surface area contributed by atoms with Crippen LogP contribution >= 0.6 is 0 Å². The van der Waals surface area contributed by atoms with Crippen molar-refractivity contribution < 1.29 is 9.53 Å². The summed E-state index contributed by atoms with van der Waals surface area (Å²) in [7, 11) is 1.71. The van der Waals surface area contributed by atoms with Gasteiger partial charge in [0.15, 0.2) is 0 Å². The zero-order valence-corrected chi connectivity index (χ0v) is 17.6. The smallest absolute Gasteiger partial charge is 0.225 e. The van der Waals surface area contributed by atoms with Crippen LogP contribution in [0.5, 0.6) is 5.75 Å². The molecule has 1 amide bonds. The third-order valence-electron chi connectivity index (χ3n) is 6.07. The van der Waals surface area contributed by atoms with Gasteiger partial charge in [0.1, 0.15) is 5.75 Å². The Morgan fingerprint density at radius 2 is 1.97 bits per heavy atom. The predicted octanol–water partition coefficient (Wildman–Crippen LogP) is 3.33. The van der Waals surface area contributed by atoms with Crippen LogP contribution in [-0.2, 0) is 11.2 Å². The van der Waals surface area contributed by atoms with Gasteiger partial charge in [-0.1, -0.05) is 38.1 Å². The van der Waals surface area contributed by atoms with Gasteiger partial charge in [0.2, 0.25) is 5.91 Å². The van der Waals surface area contributed by atoms with Crippen LogP contribution in [0.15, 0.2) is 48.5 Å². The van der Waals surface area contributed by atoms with E-state index < -0.39 is 0 Å². The molecule has 0 bridgehead atoms. The number of nitrogens with zero attached hydrogens (tertiary/aromatic N) is 2. The number of amides is 1. The highest BCUT2D eigenvalue weighted by atomic mass is 16.5. The Balaban J connectivity index is 1.64. The van der Waals surface area contributed by atoms with E-state index in [1.807, 2.05) is 12.1 Å². The average molecular weight is 394 g/mol. The Labute approximate surface area is 173 Å². The molecule has 1 saturated heterocycles. The summed E-state index contributed by atoms with van der Waals surface area (Å²) in [5.41, 5.74) is 3.68. The van der Waals surface area contributed by atoms with Crippen molar-refractivity contribution >= 4 is 17.3 Å². The van der Waals surface area contributed by atoms with Crippen molar-refractivity contribution in [3.63, 3.8) is 0 Å². The second-order valence-electron chi connectivity index (χ2n) is 8.49. The van der Waals surface area contributed by atoms with Crippen molar-refractivity contribution in [2.45, 2.75) is 26.3 Å². The number of carbonyl (C=O) groups excluding carboxylic acids is 1. The molecule has 0 saturated carbocycles. The van der Waals surface area contributed by atoms with E-state index in [0.29, 0.717) is 5.92 Å². The van der Waals surface area contributed by atoms with Gasteiger partial charge in [-0.3, -0.25) is 4.79 Å². The highest BCUT2D eigenvalue weighted by Crippen LogP contribution is 2.38. The zero-order valence-electron chi connectivity index (χ0n) is 17.6. The second-order valence-corrected chi connectivity index (χ2v) is 8.49. The van der Waals surface area contributed by atoms with Gasteiger partial charge >= 0.3 is 0 Å². The number of hydrogen-bond donors (Lipinski definition) is 1. The maximum Gasteiger partial charge on any atom is 0.225 e. The minimum atomic E-state index is -0.0545. The van der Waals surface area contributed by atoms with Crippen LogP contribution in [0.25, 0.3) is 0 Å². The molecular weight excluding hydrogens is 362 g/mol. The lowest BCUT2D eigenvalue weighted by molar-refractivity contribution is -0.126. The van der Waals surface area contributed by atoms with Crippen molar-refractivity contribution in [3.05, 3.63) is 54.1 Å². The molecule has 0 radical (unpaired) electrons. The first-order valence-electron chi connectivity index (χ1n) is 10.6. The van der Waals surface area contributed by atoms with Crippen LogP contribution in [0.3, 0.4) is 0 Å². The molecule has 2 aliphatic heterocycles. The molecule has 2 aliphatic rings. The van der Waals surface area contributed by atoms with Crippen LogP contribution in [-0.4, -0.2) is 45.2 Å². The van der Waals surface area contributed by atoms with Gasteiger partial charge in [-0.15, -0.1) is 0 Å². The number of ether oxygens (including phenoxy) is 1. The Morgan fingerprint density at radius 3 is 2.69 bits per heavy atom. The van der Waals surface area contributed by atoms with Gasteiger partial charge in [0.05, 0.1) is 19.1 Å². The number of fused-ring (bicyclic) bond motifs is 3. The van der Waals surface area contributed by atoms with Gasteiger partial charge in [0, 0.05) is 43.6 Å². The topological polar surface area (TPSA) is 44.8 Å². The van der Waals surface area contributed by atoms with E-state index in [1.54, 1.807) is 7.11 Å². The summed E-state index contributed by atoms with van der Waals surface area (Å²) in [4.78, 5) is 18.0. The minimum Gasteiger partial charge on any atom is -0.497 e. The summed E-state index contributed by atoms with van der Waals surface area (Å²) in [5.74, 6) is 1.43. The lowest BCUT2D eigenvalue weighted by Crippen LogP contribution is -2.61. The molecule has 0 aliphatic carbocycles. The van der Waals surface area contributed by atoms with Crippen LogP contribution in [0, 0.1) is 11.8 Å². The maximum atomic E-state index is 13.2. The summed E-state index contributed by atoms with van der Waals surface area (Å²) in [6.07, 6.45) is 0.771. The summed E-state index contributed by atoms with van der Waals surface area (Å²) in [6, 6.07) is 16.9. The lowest BCUT2D eigenvalue weighted by Gasteiger charge is -2.49. The summed E-state index contributed by atoms with van der Waals surface area (Å²) in [5, 5.41) is 3.18. The molecule has 5 nitrogen and oxygen atoms in total. The van der Waals surface area contributed by atoms with Crippen molar-refractivity contribution in [1.29, 1.82) is 0 Å². The van der Waals surface area contributed by atoms with Crippen LogP contribution in [0.1, 0.15) is 19.4 Å². The first kappa shape index (κ1) is 19.6. The molecule has 0 unspecified atom stereocenters. The molecule has 2 atom stereocenters. The molecule has 2 aromatic rings. The average Bonchev–Trinajstić information content (AvgIpc) is 2.76. The second kappa shape index (κ2) is 8.36. The number of methoxy groups -OCH3 is 1. The van der Waals surface area contributed by atoms with E-state index in [9.17, 15) is 4.79 Å². The first-order chi connectivity index (χ1) is 14.1. The normalized spacial score (nSPS) is 20.8.